The van der Waals surface area contributed by atoms with Crippen molar-refractivity contribution >= 4 is 11.8 Å². The molecule has 3 heterocycles. The normalized spacial score (nSPS) is 23.7. The van der Waals surface area contributed by atoms with Crippen molar-refractivity contribution in [2.75, 3.05) is 26.2 Å². The SMILES string of the molecule is CCCc1cc(C(=O)N2CCC[C@]3(C[C@H](OCC)CN(Cc4ccccc4)C3=O)C2)on1. The van der Waals surface area contributed by atoms with Crippen LogP contribution in [0.4, 0.5) is 0 Å². The molecule has 32 heavy (non-hydrogen) atoms. The summed E-state index contributed by atoms with van der Waals surface area (Å²) in [5.41, 5.74) is 1.27. The van der Waals surface area contributed by atoms with Crippen molar-refractivity contribution in [2.24, 2.45) is 5.41 Å². The van der Waals surface area contributed by atoms with E-state index in [1.165, 1.54) is 0 Å². The third-order valence-electron chi connectivity index (χ3n) is 6.54. The number of carbonyl (C=O) groups excluding carboxylic acids is 2. The molecule has 0 unspecified atom stereocenters. The van der Waals surface area contributed by atoms with E-state index in [0.29, 0.717) is 39.2 Å². The van der Waals surface area contributed by atoms with Crippen LogP contribution >= 0.6 is 0 Å². The Labute approximate surface area is 189 Å². The van der Waals surface area contributed by atoms with E-state index in [2.05, 4.69) is 12.1 Å². The van der Waals surface area contributed by atoms with Crippen LogP contribution in [-0.4, -0.2) is 59.1 Å². The Morgan fingerprint density at radius 2 is 2.09 bits per heavy atom. The van der Waals surface area contributed by atoms with Crippen LogP contribution in [0.3, 0.4) is 0 Å². The minimum absolute atomic E-state index is 0.0297. The number of hydrogen-bond acceptors (Lipinski definition) is 5. The lowest BCUT2D eigenvalue weighted by atomic mass is 9.72. The van der Waals surface area contributed by atoms with Gasteiger partial charge in [0, 0.05) is 38.9 Å². The average molecular weight is 440 g/mol. The van der Waals surface area contributed by atoms with Gasteiger partial charge in [-0.3, -0.25) is 9.59 Å². The molecule has 7 heteroatoms. The van der Waals surface area contributed by atoms with E-state index in [1.54, 1.807) is 11.0 Å². The van der Waals surface area contributed by atoms with Crippen LogP contribution in [0.2, 0.25) is 0 Å². The first-order valence-electron chi connectivity index (χ1n) is 11.7. The number of amides is 2. The summed E-state index contributed by atoms with van der Waals surface area (Å²) in [6, 6.07) is 11.8. The maximum absolute atomic E-state index is 13.7. The lowest BCUT2D eigenvalue weighted by Gasteiger charge is -2.49. The third kappa shape index (κ3) is 4.72. The van der Waals surface area contributed by atoms with Gasteiger partial charge in [-0.05, 0) is 38.2 Å². The molecule has 0 aliphatic carbocycles. The summed E-state index contributed by atoms with van der Waals surface area (Å²) < 4.78 is 11.3. The molecule has 0 N–H and O–H groups in total. The maximum atomic E-state index is 13.7. The lowest BCUT2D eigenvalue weighted by Crippen LogP contribution is -2.60. The highest BCUT2D eigenvalue weighted by Gasteiger charge is 2.50. The van der Waals surface area contributed by atoms with Crippen molar-refractivity contribution in [1.29, 1.82) is 0 Å². The number of carbonyl (C=O) groups is 2. The Balaban J connectivity index is 1.54. The first-order chi connectivity index (χ1) is 15.5. The molecular weight excluding hydrogens is 406 g/mol. The smallest absolute Gasteiger partial charge is 0.292 e. The Hall–Kier alpha value is -2.67. The molecule has 1 aromatic heterocycles. The van der Waals surface area contributed by atoms with Crippen molar-refractivity contribution in [3.05, 3.63) is 53.4 Å². The van der Waals surface area contributed by atoms with E-state index in [9.17, 15) is 9.59 Å². The van der Waals surface area contributed by atoms with Gasteiger partial charge in [0.15, 0.2) is 0 Å². The number of ether oxygens (including phenoxy) is 1. The number of benzene rings is 1. The zero-order valence-corrected chi connectivity index (χ0v) is 19.1. The molecule has 2 fully saturated rings. The fourth-order valence-corrected chi connectivity index (χ4v) is 5.13. The summed E-state index contributed by atoms with van der Waals surface area (Å²) >= 11 is 0. The minimum atomic E-state index is -0.618. The van der Waals surface area contributed by atoms with E-state index in [1.807, 2.05) is 42.2 Å². The van der Waals surface area contributed by atoms with Crippen molar-refractivity contribution in [2.45, 2.75) is 58.6 Å². The van der Waals surface area contributed by atoms with Gasteiger partial charge < -0.3 is 19.1 Å². The van der Waals surface area contributed by atoms with Crippen LogP contribution in [0.25, 0.3) is 0 Å². The second kappa shape index (κ2) is 9.86. The molecule has 2 aliphatic heterocycles. The van der Waals surface area contributed by atoms with Gasteiger partial charge in [0.1, 0.15) is 0 Å². The van der Waals surface area contributed by atoms with E-state index in [-0.39, 0.29) is 23.7 Å². The number of piperidine rings is 2. The largest absolute Gasteiger partial charge is 0.377 e. The Kier molecular flexibility index (Phi) is 6.94. The maximum Gasteiger partial charge on any atom is 0.292 e. The molecule has 0 radical (unpaired) electrons. The first kappa shape index (κ1) is 22.5. The zero-order valence-electron chi connectivity index (χ0n) is 19.1. The fourth-order valence-electron chi connectivity index (χ4n) is 5.13. The summed E-state index contributed by atoms with van der Waals surface area (Å²) in [7, 11) is 0. The molecule has 172 valence electrons. The highest BCUT2D eigenvalue weighted by atomic mass is 16.5. The van der Waals surface area contributed by atoms with Gasteiger partial charge >= 0.3 is 0 Å². The van der Waals surface area contributed by atoms with Crippen molar-refractivity contribution in [1.82, 2.24) is 15.0 Å². The van der Waals surface area contributed by atoms with E-state index in [0.717, 1.165) is 36.9 Å². The standard InChI is InChI=1S/C25H33N3O4/c1-3-9-20-14-22(32-26-20)23(29)27-13-8-12-25(18-27)15-21(31-4-2)17-28(24(25)30)16-19-10-6-5-7-11-19/h5-7,10-11,14,21H,3-4,8-9,12-13,15-18H2,1-2H3/t21-,25-/m0/s1. The summed E-state index contributed by atoms with van der Waals surface area (Å²) in [6.45, 7) is 6.81. The summed E-state index contributed by atoms with van der Waals surface area (Å²) in [6.07, 6.45) is 3.89. The van der Waals surface area contributed by atoms with Crippen LogP contribution in [-0.2, 0) is 22.5 Å². The third-order valence-corrected chi connectivity index (χ3v) is 6.54. The number of likely N-dealkylation sites (tertiary alicyclic amines) is 2. The highest BCUT2D eigenvalue weighted by molar-refractivity contribution is 5.92. The van der Waals surface area contributed by atoms with E-state index < -0.39 is 5.41 Å². The van der Waals surface area contributed by atoms with Crippen molar-refractivity contribution < 1.29 is 18.8 Å². The molecule has 2 amide bonds. The minimum Gasteiger partial charge on any atom is -0.377 e. The van der Waals surface area contributed by atoms with E-state index >= 15 is 0 Å². The number of aryl methyl sites for hydroxylation is 1. The number of nitrogens with zero attached hydrogens (tertiary/aromatic N) is 3. The molecule has 0 bridgehead atoms. The number of rotatable bonds is 7. The van der Waals surface area contributed by atoms with Gasteiger partial charge in [0.2, 0.25) is 11.7 Å². The second-order valence-corrected chi connectivity index (χ2v) is 9.00. The Morgan fingerprint density at radius 1 is 1.28 bits per heavy atom. The van der Waals surface area contributed by atoms with Gasteiger partial charge in [-0.1, -0.05) is 48.8 Å². The van der Waals surface area contributed by atoms with Crippen LogP contribution in [0.1, 0.15) is 61.3 Å². The van der Waals surface area contributed by atoms with Crippen molar-refractivity contribution in [3.8, 4) is 0 Å². The Bertz CT molecular complexity index is 928. The summed E-state index contributed by atoms with van der Waals surface area (Å²) in [5, 5.41) is 4.02. The predicted molar refractivity (Wildman–Crippen MR) is 120 cm³/mol. The van der Waals surface area contributed by atoms with Crippen molar-refractivity contribution in [3.63, 3.8) is 0 Å². The molecular formula is C25H33N3O4. The molecule has 7 nitrogen and oxygen atoms in total. The van der Waals surface area contributed by atoms with Crippen LogP contribution in [0, 0.1) is 5.41 Å². The predicted octanol–water partition coefficient (Wildman–Crippen LogP) is 3.69. The van der Waals surface area contributed by atoms with Gasteiger partial charge in [-0.25, -0.2) is 0 Å². The molecule has 4 rings (SSSR count). The van der Waals surface area contributed by atoms with Gasteiger partial charge in [0.25, 0.3) is 5.91 Å². The second-order valence-electron chi connectivity index (χ2n) is 9.00. The zero-order chi connectivity index (χ0) is 22.6. The quantitative estimate of drug-likeness (QED) is 0.658. The first-order valence-corrected chi connectivity index (χ1v) is 11.7. The molecule has 1 spiro atoms. The lowest BCUT2D eigenvalue weighted by molar-refractivity contribution is -0.159. The molecule has 2 atom stereocenters. The van der Waals surface area contributed by atoms with Gasteiger partial charge in [0.05, 0.1) is 17.2 Å². The summed E-state index contributed by atoms with van der Waals surface area (Å²) in [5.74, 6) is 0.204. The van der Waals surface area contributed by atoms with Crippen LogP contribution in [0.5, 0.6) is 0 Å². The number of hydrogen-bond donors (Lipinski definition) is 0. The summed E-state index contributed by atoms with van der Waals surface area (Å²) in [4.78, 5) is 30.6. The fraction of sp³-hybridized carbons (Fsp3) is 0.560. The Morgan fingerprint density at radius 3 is 2.84 bits per heavy atom. The molecule has 2 aromatic rings. The monoisotopic (exact) mass is 439 g/mol. The molecule has 2 aliphatic rings. The molecule has 1 aromatic carbocycles. The highest BCUT2D eigenvalue weighted by Crippen LogP contribution is 2.41. The molecule has 0 saturated carbocycles. The van der Waals surface area contributed by atoms with Gasteiger partial charge in [-0.15, -0.1) is 0 Å². The van der Waals surface area contributed by atoms with E-state index in [4.69, 9.17) is 9.26 Å². The van der Waals surface area contributed by atoms with Gasteiger partial charge in [-0.2, -0.15) is 0 Å². The average Bonchev–Trinajstić information content (AvgIpc) is 3.27. The van der Waals surface area contributed by atoms with Crippen LogP contribution < -0.4 is 0 Å². The van der Waals surface area contributed by atoms with Crippen LogP contribution in [0.15, 0.2) is 40.9 Å². The molecule has 2 saturated heterocycles. The topological polar surface area (TPSA) is 75.9 Å². The number of aromatic nitrogens is 1.